The largest absolute Gasteiger partial charge is 0.387 e. The molecular formula is C16H17NO6. The summed E-state index contributed by atoms with van der Waals surface area (Å²) in [5.41, 5.74) is 0.502. The summed E-state index contributed by atoms with van der Waals surface area (Å²) in [5.74, 6) is -2.02. The lowest BCUT2D eigenvalue weighted by molar-refractivity contribution is -0.215. The molecule has 3 aliphatic rings. The van der Waals surface area contributed by atoms with E-state index in [-0.39, 0.29) is 11.1 Å². The molecule has 0 aromatic heterocycles. The fourth-order valence-electron chi connectivity index (χ4n) is 3.13. The third kappa shape index (κ3) is 2.20. The number of nitrogens with zero attached hydrogens (tertiary/aromatic N) is 1. The Bertz CT molecular complexity index is 687. The van der Waals surface area contributed by atoms with E-state index in [9.17, 15) is 14.7 Å². The van der Waals surface area contributed by atoms with Crippen LogP contribution in [0.25, 0.3) is 0 Å². The van der Waals surface area contributed by atoms with Gasteiger partial charge in [-0.05, 0) is 26.0 Å². The molecule has 0 radical (unpaired) electrons. The van der Waals surface area contributed by atoms with E-state index in [0.29, 0.717) is 0 Å². The number of fused-ring (bicyclic) bond motifs is 2. The highest BCUT2D eigenvalue weighted by atomic mass is 16.8. The molecule has 122 valence electrons. The van der Waals surface area contributed by atoms with Crippen LogP contribution in [0.4, 0.5) is 0 Å². The van der Waals surface area contributed by atoms with Crippen molar-refractivity contribution in [2.75, 3.05) is 6.52 Å². The molecular weight excluding hydrogens is 302 g/mol. The second-order valence-corrected chi connectivity index (χ2v) is 6.23. The third-order valence-corrected chi connectivity index (χ3v) is 4.17. The summed E-state index contributed by atoms with van der Waals surface area (Å²) < 4.78 is 25.0. The summed E-state index contributed by atoms with van der Waals surface area (Å²) >= 11 is 0. The third-order valence-electron chi connectivity index (χ3n) is 4.17. The minimum atomic E-state index is -1.40. The van der Waals surface area contributed by atoms with Gasteiger partial charge in [0.2, 0.25) is 0 Å². The first kappa shape index (κ1) is 13.6. The van der Waals surface area contributed by atoms with Gasteiger partial charge in [0.25, 0.3) is 11.8 Å². The van der Waals surface area contributed by atoms with E-state index in [4.69, 9.17) is 15.6 Å². The molecule has 2 amide bonds. The number of benzene rings is 1. The van der Waals surface area contributed by atoms with E-state index >= 15 is 0 Å². The van der Waals surface area contributed by atoms with Crippen LogP contribution in [0.5, 0.6) is 0 Å². The predicted octanol–water partition coefficient (Wildman–Crippen LogP) is 0.520. The summed E-state index contributed by atoms with van der Waals surface area (Å²) in [7, 11) is 0. The molecule has 7 heteroatoms. The van der Waals surface area contributed by atoms with Crippen LogP contribution in [0.2, 0.25) is 0 Å². The average molecular weight is 320 g/mol. The molecule has 0 bridgehead atoms. The van der Waals surface area contributed by atoms with Gasteiger partial charge in [-0.25, -0.2) is 0 Å². The van der Waals surface area contributed by atoms with Crippen molar-refractivity contribution < 1.29 is 30.3 Å². The van der Waals surface area contributed by atoms with Gasteiger partial charge in [-0.2, -0.15) is 0 Å². The first-order chi connectivity index (χ1) is 11.3. The number of hydrogen-bond donors (Lipinski definition) is 1. The van der Waals surface area contributed by atoms with Crippen LogP contribution in [0.15, 0.2) is 24.3 Å². The number of carbonyl (C=O) groups excluding carboxylic acids is 2. The Morgan fingerprint density at radius 2 is 1.83 bits per heavy atom. The van der Waals surface area contributed by atoms with Crippen LogP contribution in [0, 0.1) is 0 Å². The maximum Gasteiger partial charge on any atom is 0.261 e. The maximum absolute atomic E-state index is 12.4. The smallest absolute Gasteiger partial charge is 0.261 e. The van der Waals surface area contributed by atoms with E-state index in [1.54, 1.807) is 26.0 Å². The molecule has 2 fully saturated rings. The molecule has 2 unspecified atom stereocenters. The molecule has 1 aromatic rings. The topological polar surface area (TPSA) is 85.3 Å². The SMILES string of the molecule is [2H]C([C@H]1O[C@H]2OC(C)(C)O[C@H]2C1O)N1C(=O)c2ccccc2C1=O. The molecule has 0 saturated carbocycles. The number of ether oxygens (including phenoxy) is 3. The summed E-state index contributed by atoms with van der Waals surface area (Å²) in [6, 6.07) is 6.39. The lowest BCUT2D eigenvalue weighted by Gasteiger charge is -2.25. The van der Waals surface area contributed by atoms with E-state index in [2.05, 4.69) is 0 Å². The van der Waals surface area contributed by atoms with Gasteiger partial charge in [0.05, 0.1) is 19.0 Å². The highest BCUT2D eigenvalue weighted by molar-refractivity contribution is 6.21. The molecule has 3 aliphatic heterocycles. The summed E-state index contributed by atoms with van der Waals surface area (Å²) in [4.78, 5) is 25.7. The van der Waals surface area contributed by atoms with Crippen LogP contribution in [0.1, 0.15) is 35.9 Å². The quantitative estimate of drug-likeness (QED) is 0.800. The molecule has 1 aromatic carbocycles. The van der Waals surface area contributed by atoms with Gasteiger partial charge in [0.1, 0.15) is 18.3 Å². The Labute approximate surface area is 134 Å². The van der Waals surface area contributed by atoms with Crippen molar-refractivity contribution in [1.29, 1.82) is 0 Å². The number of carbonyl (C=O) groups is 2. The number of amides is 2. The first-order valence-corrected chi connectivity index (χ1v) is 7.38. The van der Waals surface area contributed by atoms with Gasteiger partial charge in [0.15, 0.2) is 12.1 Å². The van der Waals surface area contributed by atoms with Gasteiger partial charge >= 0.3 is 0 Å². The number of rotatable bonds is 2. The van der Waals surface area contributed by atoms with Gasteiger partial charge in [0, 0.05) is 0 Å². The Hall–Kier alpha value is -1.80. The molecule has 23 heavy (non-hydrogen) atoms. The van der Waals surface area contributed by atoms with Crippen LogP contribution in [0.3, 0.4) is 0 Å². The average Bonchev–Trinajstić information content (AvgIpc) is 3.09. The number of hydrogen-bond acceptors (Lipinski definition) is 6. The Kier molecular flexibility index (Phi) is 2.87. The van der Waals surface area contributed by atoms with Gasteiger partial charge in [-0.3, -0.25) is 14.5 Å². The second kappa shape index (κ2) is 4.85. The Morgan fingerprint density at radius 3 is 2.39 bits per heavy atom. The van der Waals surface area contributed by atoms with Crippen molar-refractivity contribution in [2.45, 2.75) is 44.2 Å². The minimum Gasteiger partial charge on any atom is -0.387 e. The molecule has 3 heterocycles. The van der Waals surface area contributed by atoms with Crippen LogP contribution in [-0.2, 0) is 14.2 Å². The fourth-order valence-corrected chi connectivity index (χ4v) is 3.13. The van der Waals surface area contributed by atoms with Crippen LogP contribution < -0.4 is 0 Å². The van der Waals surface area contributed by atoms with Crippen LogP contribution >= 0.6 is 0 Å². The van der Waals surface area contributed by atoms with Crippen molar-refractivity contribution in [3.05, 3.63) is 35.4 Å². The highest BCUT2D eigenvalue weighted by Gasteiger charge is 2.55. The maximum atomic E-state index is 12.4. The second-order valence-electron chi connectivity index (χ2n) is 6.23. The summed E-state index contributed by atoms with van der Waals surface area (Å²) in [6.07, 6.45) is -3.86. The number of imide groups is 1. The van der Waals surface area contributed by atoms with Crippen molar-refractivity contribution in [1.82, 2.24) is 4.90 Å². The standard InChI is InChI=1S/C16H17NO6/c1-16(2)22-12-11(18)10(21-15(12)23-16)7-17-13(19)8-5-3-4-6-9(8)14(17)20/h3-6,10-12,15,18H,7H2,1-2H3/t10-,11?,12+,15+/m1/s1/i7D/t7?,10-,11?,12+,15+. The molecule has 5 atom stereocenters. The fraction of sp³-hybridized carbons (Fsp3) is 0.500. The van der Waals surface area contributed by atoms with Crippen molar-refractivity contribution in [3.63, 3.8) is 0 Å². The zero-order chi connectivity index (χ0) is 17.2. The number of aliphatic hydroxyl groups is 1. The van der Waals surface area contributed by atoms with Gasteiger partial charge in [-0.15, -0.1) is 0 Å². The lowest BCUT2D eigenvalue weighted by atomic mass is 10.1. The normalized spacial score (nSPS) is 36.8. The lowest BCUT2D eigenvalue weighted by Crippen LogP contribution is -2.43. The van der Waals surface area contributed by atoms with E-state index in [1.807, 2.05) is 0 Å². The molecule has 0 spiro atoms. The van der Waals surface area contributed by atoms with E-state index in [1.165, 1.54) is 12.1 Å². The van der Waals surface area contributed by atoms with Gasteiger partial charge in [-0.1, -0.05) is 12.1 Å². The zero-order valence-electron chi connectivity index (χ0n) is 13.6. The predicted molar refractivity (Wildman–Crippen MR) is 76.5 cm³/mol. The Morgan fingerprint density at radius 1 is 1.22 bits per heavy atom. The van der Waals surface area contributed by atoms with Crippen LogP contribution in [-0.4, -0.2) is 58.7 Å². The molecule has 2 saturated heterocycles. The molecule has 0 aliphatic carbocycles. The Balaban J connectivity index is 1.57. The van der Waals surface area contributed by atoms with E-state index < -0.39 is 48.7 Å². The monoisotopic (exact) mass is 320 g/mol. The molecule has 1 N–H and O–H groups in total. The minimum absolute atomic E-state index is 0.251. The van der Waals surface area contributed by atoms with E-state index in [0.717, 1.165) is 4.90 Å². The first-order valence-electron chi connectivity index (χ1n) is 7.96. The molecule has 7 nitrogen and oxygen atoms in total. The summed E-state index contributed by atoms with van der Waals surface area (Å²) in [5, 5.41) is 10.4. The molecule has 4 rings (SSSR count). The number of aliphatic hydroxyl groups excluding tert-OH is 1. The van der Waals surface area contributed by atoms with Gasteiger partial charge < -0.3 is 19.3 Å². The van der Waals surface area contributed by atoms with Crippen molar-refractivity contribution in [3.8, 4) is 0 Å². The highest BCUT2D eigenvalue weighted by Crippen LogP contribution is 2.38. The zero-order valence-corrected chi connectivity index (χ0v) is 12.6. The van der Waals surface area contributed by atoms with Crippen molar-refractivity contribution >= 4 is 11.8 Å². The summed E-state index contributed by atoms with van der Waals surface area (Å²) in [6.45, 7) is 1.99. The van der Waals surface area contributed by atoms with Crippen molar-refractivity contribution in [2.24, 2.45) is 0 Å².